The average molecular weight is 393 g/mol. The number of aromatic nitrogens is 1. The molecule has 0 bridgehead atoms. The van der Waals surface area contributed by atoms with E-state index in [4.69, 9.17) is 0 Å². The highest BCUT2D eigenvalue weighted by molar-refractivity contribution is 6.72. The Hall–Kier alpha value is -1.90. The van der Waals surface area contributed by atoms with Crippen molar-refractivity contribution >= 4 is 25.9 Å². The number of nitrogens with zero attached hydrogens (tertiary/aromatic N) is 2. The highest BCUT2D eigenvalue weighted by atomic mass is 28.4. The first-order valence-electron chi connectivity index (χ1n) is 9.04. The second-order valence-electron chi connectivity index (χ2n) is 8.71. The minimum absolute atomic E-state index is 0.0950. The molecule has 0 aromatic carbocycles. The van der Waals surface area contributed by atoms with Gasteiger partial charge in [0.1, 0.15) is 11.8 Å². The number of pyridine rings is 1. The van der Waals surface area contributed by atoms with Crippen LogP contribution in [0.15, 0.2) is 24.5 Å². The van der Waals surface area contributed by atoms with E-state index in [1.165, 1.54) is 12.4 Å². The van der Waals surface area contributed by atoms with Crippen LogP contribution in [0.5, 0.6) is 0 Å². The molecule has 148 valence electrons. The maximum atomic E-state index is 11.8. The van der Waals surface area contributed by atoms with E-state index in [1.54, 1.807) is 19.1 Å². The zero-order valence-electron chi connectivity index (χ0n) is 16.5. The molecule has 0 radical (unpaired) electrons. The molecule has 2 rings (SSSR count). The Labute approximate surface area is 160 Å². The molecular formula is C19H28N2O5Si. The first-order valence-corrected chi connectivity index (χ1v) is 12.0. The van der Waals surface area contributed by atoms with Crippen LogP contribution >= 0.6 is 0 Å². The van der Waals surface area contributed by atoms with E-state index in [2.05, 4.69) is 4.98 Å². The molecule has 1 heterocycles. The lowest BCUT2D eigenvalue weighted by molar-refractivity contribution is -0.385. The van der Waals surface area contributed by atoms with Gasteiger partial charge in [-0.1, -0.05) is 26.8 Å². The molecule has 1 aliphatic rings. The molecule has 27 heavy (non-hydrogen) atoms. The first kappa shape index (κ1) is 21.4. The summed E-state index contributed by atoms with van der Waals surface area (Å²) in [7, 11) is -2.57. The van der Waals surface area contributed by atoms with Gasteiger partial charge in [-0.15, -0.1) is 0 Å². The molecule has 7 nitrogen and oxygen atoms in total. The largest absolute Gasteiger partial charge is 0.432 e. The third kappa shape index (κ3) is 4.02. The topological polar surface area (TPSA) is 114 Å². The minimum Gasteiger partial charge on any atom is -0.432 e. The van der Waals surface area contributed by atoms with E-state index in [1.807, 2.05) is 26.9 Å². The molecule has 8 heteroatoms. The van der Waals surface area contributed by atoms with Crippen molar-refractivity contribution in [2.45, 2.75) is 57.3 Å². The minimum atomic E-state index is -2.57. The van der Waals surface area contributed by atoms with Crippen molar-refractivity contribution in [3.8, 4) is 0 Å². The summed E-state index contributed by atoms with van der Waals surface area (Å²) in [5.74, 6) is -0.956. The molecule has 0 unspecified atom stereocenters. The van der Waals surface area contributed by atoms with Gasteiger partial charge in [0.2, 0.25) is 0 Å². The smallest absolute Gasteiger partial charge is 0.294 e. The van der Waals surface area contributed by atoms with Crippen LogP contribution in [0.2, 0.25) is 18.1 Å². The molecule has 0 saturated heterocycles. The van der Waals surface area contributed by atoms with Crippen LogP contribution in [0.25, 0.3) is 5.57 Å². The summed E-state index contributed by atoms with van der Waals surface area (Å²) in [6.07, 6.45) is 5.82. The SMILES string of the molecule is C[C@H]1CC(c2ccncc2[N+](=O)[O-])=C[C@@H](CC(C)(C)[Si](C)(C)O)[C@@]1(O)C=O. The molecule has 1 aliphatic carbocycles. The maximum absolute atomic E-state index is 11.8. The van der Waals surface area contributed by atoms with Crippen LogP contribution < -0.4 is 0 Å². The molecule has 3 atom stereocenters. The Morgan fingerprint density at radius 3 is 2.63 bits per heavy atom. The lowest BCUT2D eigenvalue weighted by Crippen LogP contribution is -2.50. The van der Waals surface area contributed by atoms with Gasteiger partial charge in [0.15, 0.2) is 14.6 Å². The Kier molecular flexibility index (Phi) is 5.75. The van der Waals surface area contributed by atoms with Gasteiger partial charge in [0.05, 0.1) is 10.5 Å². The van der Waals surface area contributed by atoms with Gasteiger partial charge in [-0.3, -0.25) is 15.1 Å². The van der Waals surface area contributed by atoms with Crippen molar-refractivity contribution in [3.63, 3.8) is 0 Å². The molecular weight excluding hydrogens is 364 g/mol. The number of rotatable bonds is 6. The fraction of sp³-hybridized carbons (Fsp3) is 0.579. The number of aliphatic hydroxyl groups is 1. The Morgan fingerprint density at radius 2 is 2.11 bits per heavy atom. The number of hydrogen-bond acceptors (Lipinski definition) is 6. The quantitative estimate of drug-likeness (QED) is 0.332. The zero-order chi connectivity index (χ0) is 20.6. The van der Waals surface area contributed by atoms with E-state index in [9.17, 15) is 24.8 Å². The summed E-state index contributed by atoms with van der Waals surface area (Å²) in [6, 6.07) is 1.59. The molecule has 0 spiro atoms. The lowest BCUT2D eigenvalue weighted by Gasteiger charge is -2.45. The number of carbonyl (C=O) groups excluding carboxylic acids is 1. The van der Waals surface area contributed by atoms with Gasteiger partial charge in [-0.25, -0.2) is 0 Å². The summed E-state index contributed by atoms with van der Waals surface area (Å²) >= 11 is 0. The van der Waals surface area contributed by atoms with E-state index in [0.717, 1.165) is 5.57 Å². The highest BCUT2D eigenvalue weighted by Crippen LogP contribution is 2.49. The van der Waals surface area contributed by atoms with Crippen LogP contribution in [0.3, 0.4) is 0 Å². The van der Waals surface area contributed by atoms with E-state index < -0.39 is 35.7 Å². The summed E-state index contributed by atoms with van der Waals surface area (Å²) < 4.78 is 0. The molecule has 0 amide bonds. The van der Waals surface area contributed by atoms with Gasteiger partial charge in [0, 0.05) is 12.1 Å². The number of nitro groups is 1. The second kappa shape index (κ2) is 7.25. The summed E-state index contributed by atoms with van der Waals surface area (Å²) in [5, 5.41) is 22.0. The number of aldehydes is 1. The molecule has 0 saturated carbocycles. The van der Waals surface area contributed by atoms with Crippen LogP contribution in [-0.4, -0.2) is 40.0 Å². The van der Waals surface area contributed by atoms with Crippen molar-refractivity contribution < 1.29 is 19.6 Å². The van der Waals surface area contributed by atoms with Gasteiger partial charge in [0.25, 0.3) is 5.69 Å². The summed E-state index contributed by atoms with van der Waals surface area (Å²) in [4.78, 5) is 37.2. The molecule has 1 aromatic heterocycles. The standard InChI is InChI=1S/C19H28N2O5Si/c1-13-8-14(16-6-7-20-11-17(16)21(24)25)9-15(19(13,23)12-22)10-18(2,3)27(4,5)26/h6-7,9,11-13,15,23,26H,8,10H2,1-5H3/t13-,15-,19+/m0/s1. The van der Waals surface area contributed by atoms with Crippen molar-refractivity contribution in [2.24, 2.45) is 11.8 Å². The number of hydrogen-bond donors (Lipinski definition) is 2. The van der Waals surface area contributed by atoms with Gasteiger partial charge < -0.3 is 14.7 Å². The van der Waals surface area contributed by atoms with E-state index in [0.29, 0.717) is 24.7 Å². The number of carbonyl (C=O) groups is 1. The summed E-state index contributed by atoms with van der Waals surface area (Å²) in [6.45, 7) is 9.31. The van der Waals surface area contributed by atoms with Gasteiger partial charge in [-0.2, -0.15) is 0 Å². The molecule has 2 N–H and O–H groups in total. The van der Waals surface area contributed by atoms with Gasteiger partial charge >= 0.3 is 0 Å². The van der Waals surface area contributed by atoms with Crippen LogP contribution in [-0.2, 0) is 4.79 Å². The normalized spacial score (nSPS) is 26.4. The van der Waals surface area contributed by atoms with Crippen molar-refractivity contribution in [2.75, 3.05) is 0 Å². The zero-order valence-corrected chi connectivity index (χ0v) is 17.5. The molecule has 0 fully saturated rings. The Bertz CT molecular complexity index is 772. The van der Waals surface area contributed by atoms with Gasteiger partial charge in [-0.05, 0) is 48.5 Å². The maximum Gasteiger partial charge on any atom is 0.294 e. The van der Waals surface area contributed by atoms with E-state index in [-0.39, 0.29) is 5.69 Å². The summed E-state index contributed by atoms with van der Waals surface area (Å²) in [5.41, 5.74) is -0.482. The molecule has 0 aliphatic heterocycles. The predicted octanol–water partition coefficient (Wildman–Crippen LogP) is 3.33. The fourth-order valence-electron chi connectivity index (χ4n) is 3.53. The molecule has 1 aromatic rings. The monoisotopic (exact) mass is 392 g/mol. The van der Waals surface area contributed by atoms with Crippen LogP contribution in [0, 0.1) is 22.0 Å². The third-order valence-electron chi connectivity index (χ3n) is 6.23. The highest BCUT2D eigenvalue weighted by Gasteiger charge is 2.49. The Balaban J connectivity index is 2.56. The van der Waals surface area contributed by atoms with Crippen molar-refractivity contribution in [1.82, 2.24) is 4.98 Å². The average Bonchev–Trinajstić information content (AvgIpc) is 2.57. The Morgan fingerprint density at radius 1 is 1.48 bits per heavy atom. The van der Waals surface area contributed by atoms with Crippen molar-refractivity contribution in [1.29, 1.82) is 0 Å². The van der Waals surface area contributed by atoms with Crippen LogP contribution in [0.4, 0.5) is 5.69 Å². The van der Waals surface area contributed by atoms with Crippen molar-refractivity contribution in [3.05, 3.63) is 40.2 Å². The third-order valence-corrected chi connectivity index (χ3v) is 9.75. The van der Waals surface area contributed by atoms with Crippen LogP contribution in [0.1, 0.15) is 39.2 Å². The second-order valence-corrected chi connectivity index (χ2v) is 13.2. The van der Waals surface area contributed by atoms with E-state index >= 15 is 0 Å². The number of allylic oxidation sites excluding steroid dienone is 1. The lowest BCUT2D eigenvalue weighted by atomic mass is 9.67. The fourth-order valence-corrected chi connectivity index (χ4v) is 4.25. The first-order chi connectivity index (χ1) is 12.3. The predicted molar refractivity (Wildman–Crippen MR) is 106 cm³/mol.